The number of nitro groups is 1. The summed E-state index contributed by atoms with van der Waals surface area (Å²) in [5.41, 5.74) is 1.40. The van der Waals surface area contributed by atoms with Crippen LogP contribution in [0.4, 0.5) is 5.69 Å². The Morgan fingerprint density at radius 2 is 1.96 bits per heavy atom. The van der Waals surface area contributed by atoms with E-state index in [4.69, 9.17) is 11.6 Å². The first-order valence-corrected chi connectivity index (χ1v) is 8.74. The number of hydrogen-bond donors (Lipinski definition) is 0. The van der Waals surface area contributed by atoms with Crippen LogP contribution in [0.25, 0.3) is 0 Å². The molecule has 0 radical (unpaired) electrons. The van der Waals surface area contributed by atoms with Gasteiger partial charge in [-0.1, -0.05) is 29.8 Å². The van der Waals surface area contributed by atoms with Gasteiger partial charge in [-0.15, -0.1) is 0 Å². The van der Waals surface area contributed by atoms with Gasteiger partial charge in [0.25, 0.3) is 0 Å². The van der Waals surface area contributed by atoms with Gasteiger partial charge in [0, 0.05) is 37.7 Å². The van der Waals surface area contributed by atoms with Gasteiger partial charge in [0.2, 0.25) is 5.91 Å². The van der Waals surface area contributed by atoms with E-state index in [0.29, 0.717) is 18.8 Å². The van der Waals surface area contributed by atoms with E-state index in [1.54, 1.807) is 11.8 Å². The van der Waals surface area contributed by atoms with Crippen molar-refractivity contribution >= 4 is 23.2 Å². The number of piperazine rings is 1. The van der Waals surface area contributed by atoms with Crippen LogP contribution in [-0.2, 0) is 17.9 Å². The molecule has 0 aliphatic carbocycles. The molecule has 8 nitrogen and oxygen atoms in total. The fourth-order valence-electron chi connectivity index (χ4n) is 3.03. The molecule has 1 amide bonds. The molecular formula is C17H20ClN5O3. The van der Waals surface area contributed by atoms with Gasteiger partial charge >= 0.3 is 5.69 Å². The lowest BCUT2D eigenvalue weighted by Crippen LogP contribution is -2.49. The third kappa shape index (κ3) is 4.03. The zero-order valence-electron chi connectivity index (χ0n) is 14.5. The molecule has 0 saturated carbocycles. The number of benzene rings is 1. The summed E-state index contributed by atoms with van der Waals surface area (Å²) >= 11 is 6.20. The maximum absolute atomic E-state index is 12.5. The Labute approximate surface area is 156 Å². The lowest BCUT2D eigenvalue weighted by atomic mass is 10.2. The van der Waals surface area contributed by atoms with E-state index in [1.807, 2.05) is 24.3 Å². The van der Waals surface area contributed by atoms with Crippen molar-refractivity contribution in [3.8, 4) is 0 Å². The predicted octanol–water partition coefficient (Wildman–Crippen LogP) is 2.10. The average Bonchev–Trinajstić information content (AvgIpc) is 2.98. The highest BCUT2D eigenvalue weighted by atomic mass is 35.5. The Bertz CT molecular complexity index is 814. The van der Waals surface area contributed by atoms with Crippen molar-refractivity contribution in [2.75, 3.05) is 26.2 Å². The molecule has 1 aromatic carbocycles. The Balaban J connectivity index is 1.54. The van der Waals surface area contributed by atoms with Crippen LogP contribution in [0.5, 0.6) is 0 Å². The monoisotopic (exact) mass is 377 g/mol. The Hall–Kier alpha value is -2.45. The molecule has 0 atom stereocenters. The fourth-order valence-corrected chi connectivity index (χ4v) is 3.22. The van der Waals surface area contributed by atoms with Crippen LogP contribution in [0.2, 0.25) is 5.02 Å². The number of amides is 1. The van der Waals surface area contributed by atoms with Crippen LogP contribution in [0.3, 0.4) is 0 Å². The van der Waals surface area contributed by atoms with E-state index in [0.717, 1.165) is 30.2 Å². The first-order chi connectivity index (χ1) is 12.5. The Morgan fingerprint density at radius 3 is 2.58 bits per heavy atom. The van der Waals surface area contributed by atoms with E-state index in [1.165, 1.54) is 10.9 Å². The second-order valence-corrected chi connectivity index (χ2v) is 6.69. The number of carbonyl (C=O) groups is 1. The normalized spacial score (nSPS) is 15.2. The van der Waals surface area contributed by atoms with E-state index >= 15 is 0 Å². The van der Waals surface area contributed by atoms with Crippen molar-refractivity contribution in [3.05, 3.63) is 56.9 Å². The van der Waals surface area contributed by atoms with Gasteiger partial charge in [-0.25, -0.2) is 0 Å². The molecule has 3 rings (SSSR count). The van der Waals surface area contributed by atoms with Crippen molar-refractivity contribution in [1.29, 1.82) is 0 Å². The second kappa shape index (κ2) is 7.84. The van der Waals surface area contributed by atoms with Crippen LogP contribution >= 0.6 is 11.6 Å². The van der Waals surface area contributed by atoms with Crippen LogP contribution in [0, 0.1) is 17.0 Å². The summed E-state index contributed by atoms with van der Waals surface area (Å²) in [6.45, 7) is 5.12. The topological polar surface area (TPSA) is 84.5 Å². The van der Waals surface area contributed by atoms with Gasteiger partial charge in [0.05, 0.1) is 4.92 Å². The molecule has 1 fully saturated rings. The smallest absolute Gasteiger partial charge is 0.309 e. The number of rotatable bonds is 5. The molecule has 1 aliphatic heterocycles. The zero-order valence-corrected chi connectivity index (χ0v) is 15.2. The first-order valence-electron chi connectivity index (χ1n) is 8.36. The Kier molecular flexibility index (Phi) is 5.53. The lowest BCUT2D eigenvalue weighted by molar-refractivity contribution is -0.385. The zero-order chi connectivity index (χ0) is 18.7. The summed E-state index contributed by atoms with van der Waals surface area (Å²) in [6.07, 6.45) is 1.18. The van der Waals surface area contributed by atoms with Crippen molar-refractivity contribution in [2.45, 2.75) is 20.0 Å². The maximum Gasteiger partial charge on any atom is 0.309 e. The van der Waals surface area contributed by atoms with Crippen LogP contribution in [0.1, 0.15) is 11.3 Å². The number of hydrogen-bond acceptors (Lipinski definition) is 5. The predicted molar refractivity (Wildman–Crippen MR) is 96.9 cm³/mol. The highest BCUT2D eigenvalue weighted by molar-refractivity contribution is 6.31. The molecule has 1 aromatic heterocycles. The number of halogens is 1. The minimum Gasteiger partial charge on any atom is -0.339 e. The van der Waals surface area contributed by atoms with Gasteiger partial charge < -0.3 is 4.90 Å². The van der Waals surface area contributed by atoms with Crippen molar-refractivity contribution in [3.63, 3.8) is 0 Å². The summed E-state index contributed by atoms with van der Waals surface area (Å²) in [4.78, 5) is 26.9. The van der Waals surface area contributed by atoms with E-state index in [2.05, 4.69) is 10.00 Å². The van der Waals surface area contributed by atoms with Gasteiger partial charge in [-0.2, -0.15) is 5.10 Å². The van der Waals surface area contributed by atoms with Crippen molar-refractivity contribution < 1.29 is 9.72 Å². The molecule has 0 N–H and O–H groups in total. The van der Waals surface area contributed by atoms with Gasteiger partial charge in [0.15, 0.2) is 0 Å². The fraction of sp³-hybridized carbons (Fsp3) is 0.412. The third-order valence-corrected chi connectivity index (χ3v) is 5.00. The minimum absolute atomic E-state index is 0.0180. The molecular weight excluding hydrogens is 358 g/mol. The van der Waals surface area contributed by atoms with Crippen LogP contribution in [-0.4, -0.2) is 56.6 Å². The molecule has 0 spiro atoms. The van der Waals surface area contributed by atoms with Gasteiger partial charge in [-0.05, 0) is 18.6 Å². The largest absolute Gasteiger partial charge is 0.339 e. The molecule has 0 unspecified atom stereocenters. The van der Waals surface area contributed by atoms with E-state index in [-0.39, 0.29) is 18.1 Å². The average molecular weight is 378 g/mol. The minimum atomic E-state index is -0.489. The third-order valence-electron chi connectivity index (χ3n) is 4.64. The molecule has 0 bridgehead atoms. The highest BCUT2D eigenvalue weighted by Crippen LogP contribution is 2.19. The first kappa shape index (κ1) is 18.3. The molecule has 2 heterocycles. The standard InChI is InChI=1S/C17H20ClN5O3/c1-13-16(23(25)26)10-19-22(13)12-17(24)21-8-6-20(7-9-21)11-14-4-2-3-5-15(14)18/h2-5,10H,6-9,11-12H2,1H3. The van der Waals surface area contributed by atoms with E-state index < -0.39 is 4.92 Å². The van der Waals surface area contributed by atoms with E-state index in [9.17, 15) is 14.9 Å². The van der Waals surface area contributed by atoms with Crippen molar-refractivity contribution in [1.82, 2.24) is 19.6 Å². The molecule has 1 aliphatic rings. The van der Waals surface area contributed by atoms with Crippen LogP contribution < -0.4 is 0 Å². The summed E-state index contributed by atoms with van der Waals surface area (Å²) < 4.78 is 1.39. The molecule has 138 valence electrons. The summed E-state index contributed by atoms with van der Waals surface area (Å²) in [7, 11) is 0. The number of carbonyl (C=O) groups excluding carboxylic acids is 1. The van der Waals surface area contributed by atoms with Gasteiger partial charge in [-0.3, -0.25) is 24.5 Å². The summed E-state index contributed by atoms with van der Waals surface area (Å²) in [5, 5.41) is 15.6. The second-order valence-electron chi connectivity index (χ2n) is 6.28. The number of aromatic nitrogens is 2. The molecule has 26 heavy (non-hydrogen) atoms. The Morgan fingerprint density at radius 1 is 1.27 bits per heavy atom. The highest BCUT2D eigenvalue weighted by Gasteiger charge is 2.24. The number of nitrogens with zero attached hydrogens (tertiary/aromatic N) is 5. The maximum atomic E-state index is 12.5. The molecule has 2 aromatic rings. The SMILES string of the molecule is Cc1c([N+](=O)[O-])cnn1CC(=O)N1CCN(Cc2ccccc2Cl)CC1. The molecule has 1 saturated heterocycles. The molecule has 9 heteroatoms. The van der Waals surface area contributed by atoms with Crippen LogP contribution in [0.15, 0.2) is 30.5 Å². The quantitative estimate of drug-likeness (QED) is 0.588. The summed E-state index contributed by atoms with van der Waals surface area (Å²) in [6, 6.07) is 7.76. The lowest BCUT2D eigenvalue weighted by Gasteiger charge is -2.35. The van der Waals surface area contributed by atoms with Gasteiger partial charge in [0.1, 0.15) is 18.4 Å². The summed E-state index contributed by atoms with van der Waals surface area (Å²) in [5.74, 6) is -0.0801. The van der Waals surface area contributed by atoms with Crippen molar-refractivity contribution in [2.24, 2.45) is 0 Å².